The quantitative estimate of drug-likeness (QED) is 0.554. The maximum Gasteiger partial charge on any atom is 0.0209 e. The molecule has 60 valence electrons. The summed E-state index contributed by atoms with van der Waals surface area (Å²) >= 11 is 4.29. The third kappa shape index (κ3) is 2.48. The second-order valence-corrected chi connectivity index (χ2v) is 3.54. The Morgan fingerprint density at radius 1 is 1.40 bits per heavy atom. The number of nitrogens with zero attached hydrogens (tertiary/aromatic N) is 1. The van der Waals surface area contributed by atoms with Gasteiger partial charge in [0.25, 0.3) is 0 Å². The van der Waals surface area contributed by atoms with E-state index in [4.69, 9.17) is 0 Å². The lowest BCUT2D eigenvalue weighted by Crippen LogP contribution is -2.24. The van der Waals surface area contributed by atoms with Gasteiger partial charge in [-0.2, -0.15) is 0 Å². The first kappa shape index (κ1) is 8.37. The molecule has 1 atom stereocenters. The summed E-state index contributed by atoms with van der Waals surface area (Å²) in [5.74, 6) is 0. The highest BCUT2D eigenvalue weighted by molar-refractivity contribution is 7.77. The molecule has 0 bridgehead atoms. The number of nitrogens with one attached hydrogen (secondary N) is 1. The predicted octanol–water partition coefficient (Wildman–Crippen LogP) is 0.905. The van der Waals surface area contributed by atoms with Crippen molar-refractivity contribution in [2.45, 2.75) is 25.3 Å². The normalized spacial score (nSPS) is 28.5. The molecule has 1 heterocycles. The zero-order valence-electron chi connectivity index (χ0n) is 6.51. The number of rotatable bonds is 1. The Morgan fingerprint density at radius 3 is 2.90 bits per heavy atom. The van der Waals surface area contributed by atoms with Gasteiger partial charge in [0.15, 0.2) is 0 Å². The molecule has 0 aromatic rings. The van der Waals surface area contributed by atoms with E-state index in [1.807, 2.05) is 11.4 Å². The van der Waals surface area contributed by atoms with Crippen LogP contribution in [-0.2, 0) is 0 Å². The zero-order chi connectivity index (χ0) is 7.40. The summed E-state index contributed by atoms with van der Waals surface area (Å²) in [5, 5.41) is 3.37. The minimum absolute atomic E-state index is 0.679. The Labute approximate surface area is 68.5 Å². The molecule has 1 rings (SSSR count). The second kappa shape index (κ2) is 4.21. The van der Waals surface area contributed by atoms with Crippen LogP contribution in [0.5, 0.6) is 0 Å². The Balaban J connectivity index is 2.28. The highest BCUT2D eigenvalue weighted by atomic mass is 32.1. The summed E-state index contributed by atoms with van der Waals surface area (Å²) in [6, 6.07) is 0.679. The highest BCUT2D eigenvalue weighted by Crippen LogP contribution is 2.12. The molecule has 1 saturated heterocycles. The fourth-order valence-corrected chi connectivity index (χ4v) is 1.61. The van der Waals surface area contributed by atoms with E-state index in [9.17, 15) is 0 Å². The molecule has 3 heteroatoms. The van der Waals surface area contributed by atoms with Gasteiger partial charge in [-0.1, -0.05) is 12.8 Å². The zero-order valence-corrected chi connectivity index (χ0v) is 7.40. The van der Waals surface area contributed by atoms with Gasteiger partial charge in [-0.3, -0.25) is 4.31 Å². The van der Waals surface area contributed by atoms with Crippen LogP contribution in [-0.4, -0.2) is 30.5 Å². The van der Waals surface area contributed by atoms with E-state index >= 15 is 0 Å². The van der Waals surface area contributed by atoms with Crippen LogP contribution < -0.4 is 5.32 Å². The summed E-state index contributed by atoms with van der Waals surface area (Å²) < 4.78 is 2.03. The molecule has 0 radical (unpaired) electrons. The predicted molar refractivity (Wildman–Crippen MR) is 47.3 cm³/mol. The third-order valence-corrected chi connectivity index (χ3v) is 2.40. The van der Waals surface area contributed by atoms with Gasteiger partial charge in [-0.05, 0) is 39.4 Å². The molecule has 0 aliphatic carbocycles. The summed E-state index contributed by atoms with van der Waals surface area (Å²) in [6.07, 6.45) is 3.81. The third-order valence-electron chi connectivity index (χ3n) is 2.07. The summed E-state index contributed by atoms with van der Waals surface area (Å²) in [5.41, 5.74) is 0. The fourth-order valence-electron chi connectivity index (χ4n) is 1.37. The summed E-state index contributed by atoms with van der Waals surface area (Å²) in [7, 11) is 2.04. The molecule has 1 aliphatic heterocycles. The van der Waals surface area contributed by atoms with Crippen LogP contribution in [0.15, 0.2) is 0 Å². The van der Waals surface area contributed by atoms with Gasteiger partial charge in [-0.25, -0.2) is 0 Å². The van der Waals surface area contributed by atoms with Crippen LogP contribution in [0.25, 0.3) is 0 Å². The Bertz CT molecular complexity index is 87.6. The molecule has 1 fully saturated rings. The van der Waals surface area contributed by atoms with E-state index < -0.39 is 0 Å². The average molecular weight is 160 g/mol. The van der Waals surface area contributed by atoms with Crippen LogP contribution in [0.4, 0.5) is 0 Å². The van der Waals surface area contributed by atoms with Crippen molar-refractivity contribution in [3.63, 3.8) is 0 Å². The lowest BCUT2D eigenvalue weighted by molar-refractivity contribution is 0.378. The smallest absolute Gasteiger partial charge is 0.0209 e. The minimum Gasteiger partial charge on any atom is -0.317 e. The lowest BCUT2D eigenvalue weighted by atomic mass is 10.1. The summed E-state index contributed by atoms with van der Waals surface area (Å²) in [6.45, 7) is 2.33. The molecule has 1 N–H and O–H groups in total. The number of hydrogen-bond donors (Lipinski definition) is 2. The van der Waals surface area contributed by atoms with Crippen molar-refractivity contribution in [3.8, 4) is 0 Å². The Hall–Kier alpha value is 0.270. The van der Waals surface area contributed by atoms with E-state index in [0.717, 1.165) is 6.54 Å². The molecule has 0 spiro atoms. The molecular weight excluding hydrogens is 144 g/mol. The van der Waals surface area contributed by atoms with E-state index in [-0.39, 0.29) is 0 Å². The molecule has 1 unspecified atom stereocenters. The van der Waals surface area contributed by atoms with Crippen LogP contribution in [0.3, 0.4) is 0 Å². The van der Waals surface area contributed by atoms with Crippen molar-refractivity contribution in [2.24, 2.45) is 0 Å². The minimum atomic E-state index is 0.679. The highest BCUT2D eigenvalue weighted by Gasteiger charge is 2.13. The maximum atomic E-state index is 4.29. The lowest BCUT2D eigenvalue weighted by Gasteiger charge is -2.20. The van der Waals surface area contributed by atoms with E-state index in [2.05, 4.69) is 18.1 Å². The fraction of sp³-hybridized carbons (Fsp3) is 1.00. The summed E-state index contributed by atoms with van der Waals surface area (Å²) in [4.78, 5) is 0. The first-order chi connectivity index (χ1) is 4.80. The topological polar surface area (TPSA) is 15.3 Å². The van der Waals surface area contributed by atoms with Crippen molar-refractivity contribution >= 4 is 12.8 Å². The van der Waals surface area contributed by atoms with Gasteiger partial charge < -0.3 is 5.32 Å². The molecule has 0 aromatic heterocycles. The molecule has 0 aromatic carbocycles. The van der Waals surface area contributed by atoms with Crippen LogP contribution in [0.2, 0.25) is 0 Å². The number of thiol groups is 1. The van der Waals surface area contributed by atoms with E-state index in [0.29, 0.717) is 6.04 Å². The number of hydrogen-bond acceptors (Lipinski definition) is 3. The van der Waals surface area contributed by atoms with Crippen LogP contribution in [0.1, 0.15) is 19.3 Å². The van der Waals surface area contributed by atoms with Gasteiger partial charge in [0.2, 0.25) is 0 Å². The van der Waals surface area contributed by atoms with Crippen LogP contribution >= 0.6 is 12.8 Å². The van der Waals surface area contributed by atoms with Crippen molar-refractivity contribution in [1.29, 1.82) is 0 Å². The van der Waals surface area contributed by atoms with Crippen molar-refractivity contribution in [3.05, 3.63) is 0 Å². The molecule has 0 amide bonds. The van der Waals surface area contributed by atoms with Gasteiger partial charge >= 0.3 is 0 Å². The standard InChI is InChI=1S/C7H16N2S/c1-9(10)7-3-2-5-8-6-4-7/h7-8,10H,2-6H2,1H3. The average Bonchev–Trinajstić information content (AvgIpc) is 2.12. The Kier molecular flexibility index (Phi) is 3.52. The van der Waals surface area contributed by atoms with E-state index in [1.54, 1.807) is 0 Å². The van der Waals surface area contributed by atoms with E-state index in [1.165, 1.54) is 25.8 Å². The van der Waals surface area contributed by atoms with Crippen molar-refractivity contribution < 1.29 is 0 Å². The molecule has 0 saturated carbocycles. The SMILES string of the molecule is CN(S)C1CCCNCC1. The first-order valence-electron chi connectivity index (χ1n) is 3.93. The van der Waals surface area contributed by atoms with Crippen LogP contribution in [0, 0.1) is 0 Å². The molecule has 1 aliphatic rings. The van der Waals surface area contributed by atoms with Crippen molar-refractivity contribution in [1.82, 2.24) is 9.62 Å². The molecule has 10 heavy (non-hydrogen) atoms. The molecule has 2 nitrogen and oxygen atoms in total. The largest absolute Gasteiger partial charge is 0.317 e. The molecular formula is C7H16N2S. The monoisotopic (exact) mass is 160 g/mol. The van der Waals surface area contributed by atoms with Crippen molar-refractivity contribution in [2.75, 3.05) is 20.1 Å². The first-order valence-corrected chi connectivity index (χ1v) is 4.33. The van der Waals surface area contributed by atoms with Gasteiger partial charge in [0.05, 0.1) is 0 Å². The Morgan fingerprint density at radius 2 is 2.20 bits per heavy atom. The van der Waals surface area contributed by atoms with Gasteiger partial charge in [0.1, 0.15) is 0 Å². The van der Waals surface area contributed by atoms with Gasteiger partial charge in [0, 0.05) is 6.04 Å². The maximum absolute atomic E-state index is 4.29. The van der Waals surface area contributed by atoms with Gasteiger partial charge in [-0.15, -0.1) is 0 Å². The second-order valence-electron chi connectivity index (χ2n) is 2.91.